The summed E-state index contributed by atoms with van der Waals surface area (Å²) in [5.41, 5.74) is 9.14. The normalized spacial score (nSPS) is 23.7. The van der Waals surface area contributed by atoms with E-state index in [1.165, 1.54) is 17.5 Å². The third-order valence-electron chi connectivity index (χ3n) is 4.99. The molecule has 1 fully saturated rings. The summed E-state index contributed by atoms with van der Waals surface area (Å²) in [5.74, 6) is 0.669. The van der Waals surface area contributed by atoms with Crippen LogP contribution in [0.4, 0.5) is 5.69 Å². The van der Waals surface area contributed by atoms with E-state index < -0.39 is 0 Å². The Balaban J connectivity index is 1.62. The summed E-state index contributed by atoms with van der Waals surface area (Å²) in [5, 5.41) is 3.08. The number of nitrogens with zero attached hydrogens (tertiary/aromatic N) is 1. The summed E-state index contributed by atoms with van der Waals surface area (Å²) in [6.45, 7) is 7.98. The number of nitrogens with two attached hydrogens (primary N) is 1. The number of carbonyl (C=O) groups is 1. The number of ether oxygens (including phenoxy) is 1. The SMILES string of the molecule is CC(C)CCN1Cc2cccc(NC(=O)[C@@H]3CC[C@H](CN)O3)c2C1. The molecule has 3 rings (SSSR count). The highest BCUT2D eigenvalue weighted by Gasteiger charge is 2.31. The van der Waals surface area contributed by atoms with Crippen molar-refractivity contribution >= 4 is 11.6 Å². The van der Waals surface area contributed by atoms with Crippen LogP contribution in [0.25, 0.3) is 0 Å². The van der Waals surface area contributed by atoms with Crippen LogP contribution < -0.4 is 11.1 Å². The smallest absolute Gasteiger partial charge is 0.253 e. The van der Waals surface area contributed by atoms with E-state index in [9.17, 15) is 4.79 Å². The molecule has 2 aliphatic heterocycles. The zero-order chi connectivity index (χ0) is 17.1. The van der Waals surface area contributed by atoms with Gasteiger partial charge in [0.05, 0.1) is 6.10 Å². The van der Waals surface area contributed by atoms with Gasteiger partial charge in [-0.05, 0) is 48.9 Å². The average Bonchev–Trinajstić information content (AvgIpc) is 3.20. The Morgan fingerprint density at radius 2 is 2.21 bits per heavy atom. The number of benzene rings is 1. The van der Waals surface area contributed by atoms with Gasteiger partial charge >= 0.3 is 0 Å². The fourth-order valence-corrected chi connectivity index (χ4v) is 3.49. The van der Waals surface area contributed by atoms with E-state index in [1.54, 1.807) is 0 Å². The summed E-state index contributed by atoms with van der Waals surface area (Å²) in [4.78, 5) is 14.9. The minimum Gasteiger partial charge on any atom is -0.364 e. The molecule has 0 aliphatic carbocycles. The Labute approximate surface area is 144 Å². The first kappa shape index (κ1) is 17.4. The molecular weight excluding hydrogens is 302 g/mol. The Hall–Kier alpha value is -1.43. The zero-order valence-electron chi connectivity index (χ0n) is 14.8. The second kappa shape index (κ2) is 7.64. The average molecular weight is 331 g/mol. The summed E-state index contributed by atoms with van der Waals surface area (Å²) >= 11 is 0. The molecule has 0 radical (unpaired) electrons. The highest BCUT2D eigenvalue weighted by atomic mass is 16.5. The molecule has 0 bridgehead atoms. The van der Waals surface area contributed by atoms with Gasteiger partial charge in [-0.25, -0.2) is 0 Å². The van der Waals surface area contributed by atoms with Crippen molar-refractivity contribution in [2.24, 2.45) is 11.7 Å². The van der Waals surface area contributed by atoms with E-state index in [-0.39, 0.29) is 18.1 Å². The monoisotopic (exact) mass is 331 g/mol. The molecule has 5 nitrogen and oxygen atoms in total. The Morgan fingerprint density at radius 1 is 1.38 bits per heavy atom. The number of anilines is 1. The molecule has 0 spiro atoms. The van der Waals surface area contributed by atoms with Crippen molar-refractivity contribution in [2.45, 2.75) is 58.4 Å². The zero-order valence-corrected chi connectivity index (χ0v) is 14.8. The van der Waals surface area contributed by atoms with Crippen LogP contribution >= 0.6 is 0 Å². The molecule has 5 heteroatoms. The van der Waals surface area contributed by atoms with Gasteiger partial charge in [0.2, 0.25) is 0 Å². The number of carbonyl (C=O) groups excluding carboxylic acids is 1. The fraction of sp³-hybridized carbons (Fsp3) is 0.632. The van der Waals surface area contributed by atoms with Gasteiger partial charge < -0.3 is 15.8 Å². The molecule has 1 saturated heterocycles. The third-order valence-corrected chi connectivity index (χ3v) is 4.99. The van der Waals surface area contributed by atoms with Crippen molar-refractivity contribution in [2.75, 3.05) is 18.4 Å². The van der Waals surface area contributed by atoms with Crippen LogP contribution in [0.3, 0.4) is 0 Å². The number of rotatable bonds is 6. The second-order valence-corrected chi connectivity index (χ2v) is 7.39. The molecule has 1 aromatic rings. The van der Waals surface area contributed by atoms with Crippen LogP contribution in [0.15, 0.2) is 18.2 Å². The molecular formula is C19H29N3O2. The van der Waals surface area contributed by atoms with E-state index in [0.717, 1.165) is 38.2 Å². The lowest BCUT2D eigenvalue weighted by atomic mass is 10.1. The third kappa shape index (κ3) is 3.97. The van der Waals surface area contributed by atoms with Gasteiger partial charge in [-0.3, -0.25) is 9.69 Å². The highest BCUT2D eigenvalue weighted by molar-refractivity contribution is 5.95. The molecule has 3 N–H and O–H groups in total. The van der Waals surface area contributed by atoms with Crippen molar-refractivity contribution in [3.63, 3.8) is 0 Å². The van der Waals surface area contributed by atoms with E-state index in [4.69, 9.17) is 10.5 Å². The van der Waals surface area contributed by atoms with Gasteiger partial charge in [-0.1, -0.05) is 26.0 Å². The van der Waals surface area contributed by atoms with E-state index >= 15 is 0 Å². The van der Waals surface area contributed by atoms with E-state index in [2.05, 4.69) is 30.1 Å². The maximum absolute atomic E-state index is 12.5. The molecule has 0 aromatic heterocycles. The van der Waals surface area contributed by atoms with Gasteiger partial charge in [-0.2, -0.15) is 0 Å². The fourth-order valence-electron chi connectivity index (χ4n) is 3.49. The number of hydrogen-bond acceptors (Lipinski definition) is 4. The predicted octanol–water partition coefficient (Wildman–Crippen LogP) is 2.49. The summed E-state index contributed by atoms with van der Waals surface area (Å²) in [6, 6.07) is 6.19. The lowest BCUT2D eigenvalue weighted by Crippen LogP contribution is -2.30. The number of hydrogen-bond donors (Lipinski definition) is 2. The first-order valence-corrected chi connectivity index (χ1v) is 9.06. The Bertz CT molecular complexity index is 588. The molecule has 2 atom stereocenters. The van der Waals surface area contributed by atoms with E-state index in [0.29, 0.717) is 12.5 Å². The molecule has 1 amide bonds. The van der Waals surface area contributed by atoms with Gasteiger partial charge in [0, 0.05) is 25.3 Å². The summed E-state index contributed by atoms with van der Waals surface area (Å²) in [6.07, 6.45) is 2.47. The maximum atomic E-state index is 12.5. The van der Waals surface area contributed by atoms with Crippen LogP contribution in [-0.2, 0) is 22.6 Å². The summed E-state index contributed by atoms with van der Waals surface area (Å²) < 4.78 is 5.70. The molecule has 132 valence electrons. The molecule has 2 aliphatic rings. The van der Waals surface area contributed by atoms with Gasteiger partial charge in [0.1, 0.15) is 6.10 Å². The lowest BCUT2D eigenvalue weighted by molar-refractivity contribution is -0.126. The number of amides is 1. The molecule has 0 saturated carbocycles. The van der Waals surface area contributed by atoms with Crippen molar-refractivity contribution < 1.29 is 9.53 Å². The molecule has 2 heterocycles. The molecule has 24 heavy (non-hydrogen) atoms. The summed E-state index contributed by atoms with van der Waals surface area (Å²) in [7, 11) is 0. The van der Waals surface area contributed by atoms with Gasteiger partial charge in [-0.15, -0.1) is 0 Å². The Kier molecular flexibility index (Phi) is 5.54. The van der Waals surface area contributed by atoms with Gasteiger partial charge in [0.15, 0.2) is 0 Å². The van der Waals surface area contributed by atoms with Crippen LogP contribution in [-0.4, -0.2) is 36.1 Å². The number of nitrogens with one attached hydrogen (secondary N) is 1. The van der Waals surface area contributed by atoms with Crippen LogP contribution in [0.1, 0.15) is 44.2 Å². The molecule has 0 unspecified atom stereocenters. The minimum absolute atomic E-state index is 0.0220. The quantitative estimate of drug-likeness (QED) is 0.840. The first-order chi connectivity index (χ1) is 11.6. The van der Waals surface area contributed by atoms with Crippen LogP contribution in [0, 0.1) is 5.92 Å². The highest BCUT2D eigenvalue weighted by Crippen LogP contribution is 2.30. The molecule has 1 aromatic carbocycles. The van der Waals surface area contributed by atoms with Gasteiger partial charge in [0.25, 0.3) is 5.91 Å². The lowest BCUT2D eigenvalue weighted by Gasteiger charge is -2.17. The number of fused-ring (bicyclic) bond motifs is 1. The van der Waals surface area contributed by atoms with Crippen molar-refractivity contribution in [1.29, 1.82) is 0 Å². The van der Waals surface area contributed by atoms with Crippen molar-refractivity contribution in [1.82, 2.24) is 4.90 Å². The predicted molar refractivity (Wildman–Crippen MR) is 95.6 cm³/mol. The van der Waals surface area contributed by atoms with Crippen LogP contribution in [0.2, 0.25) is 0 Å². The second-order valence-electron chi connectivity index (χ2n) is 7.39. The first-order valence-electron chi connectivity index (χ1n) is 9.06. The minimum atomic E-state index is -0.368. The standard InChI is InChI=1S/C19H29N3O2/c1-13(2)8-9-22-11-14-4-3-5-17(16(14)12-22)21-19(23)18-7-6-15(10-20)24-18/h3-5,13,15,18H,6-12,20H2,1-2H3,(H,21,23)/t15-,18+/m1/s1. The maximum Gasteiger partial charge on any atom is 0.253 e. The topological polar surface area (TPSA) is 67.6 Å². The van der Waals surface area contributed by atoms with Crippen molar-refractivity contribution in [3.05, 3.63) is 29.3 Å². The largest absolute Gasteiger partial charge is 0.364 e. The van der Waals surface area contributed by atoms with Crippen molar-refractivity contribution in [3.8, 4) is 0 Å². The van der Waals surface area contributed by atoms with Crippen LogP contribution in [0.5, 0.6) is 0 Å². The van der Waals surface area contributed by atoms with E-state index in [1.807, 2.05) is 12.1 Å². The Morgan fingerprint density at radius 3 is 2.92 bits per heavy atom.